The van der Waals surface area contributed by atoms with E-state index in [4.69, 9.17) is 0 Å². The lowest BCUT2D eigenvalue weighted by atomic mass is 10.0. The molecule has 12 aromatic heterocycles. The summed E-state index contributed by atoms with van der Waals surface area (Å²) in [7, 11) is 7.38. The molecule has 16 aromatic rings. The third-order valence-electron chi connectivity index (χ3n) is 19.5. The van der Waals surface area contributed by atoms with Gasteiger partial charge in [0.05, 0.1) is 45.8 Å². The molecule has 0 unspecified atom stereocenters. The molecular weight excluding hydrogens is 1500 g/mol. The third-order valence-corrected chi connectivity index (χ3v) is 19.5. The summed E-state index contributed by atoms with van der Waals surface area (Å²) in [5.41, 5.74) is 18.0. The zero-order chi connectivity index (χ0) is 82.1. The van der Waals surface area contributed by atoms with E-state index in [1.807, 2.05) is 124 Å². The van der Waals surface area contributed by atoms with E-state index < -0.39 is 0 Å². The van der Waals surface area contributed by atoms with Crippen LogP contribution in [0.15, 0.2) is 245 Å². The van der Waals surface area contributed by atoms with Gasteiger partial charge in [-0.3, -0.25) is 89.1 Å². The van der Waals surface area contributed by atoms with Crippen LogP contribution in [0.2, 0.25) is 0 Å². The number of pyridine rings is 8. The number of hydrogen-bond donors (Lipinski definition) is 10. The van der Waals surface area contributed by atoms with Gasteiger partial charge in [-0.2, -0.15) is 20.4 Å². The number of H-pyrrole nitrogens is 4. The molecule has 13 heterocycles. The minimum atomic E-state index is -0.324. The molecule has 31 nitrogen and oxygen atoms in total. The van der Waals surface area contributed by atoms with Gasteiger partial charge in [0, 0.05) is 186 Å². The van der Waals surface area contributed by atoms with Crippen LogP contribution in [0, 0.1) is 5.92 Å². The van der Waals surface area contributed by atoms with Crippen molar-refractivity contribution < 1.29 is 28.8 Å². The average molecular weight is 1580 g/mol. The number of nitrogens with one attached hydrogen (secondary N) is 10. The highest BCUT2D eigenvalue weighted by Crippen LogP contribution is 2.34. The summed E-state index contributed by atoms with van der Waals surface area (Å²) in [6.45, 7) is 4.05. The third kappa shape index (κ3) is 20.0. The molecule has 0 bridgehead atoms. The summed E-state index contributed by atoms with van der Waals surface area (Å²) in [6, 6.07) is 44.8. The first-order chi connectivity index (χ1) is 58.0. The molecule has 2 aliphatic rings. The van der Waals surface area contributed by atoms with Crippen molar-refractivity contribution in [3.8, 4) is 44.5 Å². The number of anilines is 6. The number of urea groups is 1. The Kier molecular flexibility index (Phi) is 24.3. The molecular formula is C88H81N25O6. The highest BCUT2D eigenvalue weighted by molar-refractivity contribution is 6.15. The van der Waals surface area contributed by atoms with Crippen LogP contribution in [0.1, 0.15) is 85.2 Å². The number of carbonyl (C=O) groups excluding carboxylic acids is 6. The average Bonchev–Trinajstić information content (AvgIpc) is 1.70. The number of fused-ring (bicyclic) bond motifs is 4. The Labute approximate surface area is 681 Å². The molecule has 0 spiro atoms. The van der Waals surface area contributed by atoms with Crippen molar-refractivity contribution in [1.29, 1.82) is 0 Å². The molecule has 119 heavy (non-hydrogen) atoms. The molecule has 1 aliphatic heterocycles. The van der Waals surface area contributed by atoms with Gasteiger partial charge in [0.2, 0.25) is 5.91 Å². The van der Waals surface area contributed by atoms with Crippen molar-refractivity contribution in [2.24, 2.45) is 5.92 Å². The molecule has 2 fully saturated rings. The summed E-state index contributed by atoms with van der Waals surface area (Å²) in [5.74, 6) is -1.00. The minimum Gasteiger partial charge on any atom is -0.331 e. The van der Waals surface area contributed by atoms with E-state index in [1.165, 1.54) is 29.7 Å². The molecule has 7 amide bonds. The normalized spacial score (nSPS) is 12.4. The van der Waals surface area contributed by atoms with Crippen LogP contribution < -0.4 is 31.9 Å². The highest BCUT2D eigenvalue weighted by Gasteiger charge is 2.30. The Morgan fingerprint density at radius 2 is 0.672 bits per heavy atom. The van der Waals surface area contributed by atoms with E-state index in [0.29, 0.717) is 62.0 Å². The van der Waals surface area contributed by atoms with E-state index in [-0.39, 0.29) is 47.2 Å². The predicted octanol–water partition coefficient (Wildman–Crippen LogP) is 14.6. The summed E-state index contributed by atoms with van der Waals surface area (Å²) in [6.07, 6.45) is 32.9. The molecule has 1 aliphatic carbocycles. The van der Waals surface area contributed by atoms with Gasteiger partial charge in [-0.05, 0) is 208 Å². The van der Waals surface area contributed by atoms with Gasteiger partial charge in [-0.1, -0.05) is 30.7 Å². The van der Waals surface area contributed by atoms with Crippen molar-refractivity contribution in [2.45, 2.75) is 45.2 Å². The Hall–Kier alpha value is -15.5. The smallest absolute Gasteiger partial charge is 0.321 e. The number of aromatic nitrogens is 16. The summed E-state index contributed by atoms with van der Waals surface area (Å²) >= 11 is 0. The lowest BCUT2D eigenvalue weighted by Gasteiger charge is -2.26. The van der Waals surface area contributed by atoms with Gasteiger partial charge in [-0.15, -0.1) is 0 Å². The summed E-state index contributed by atoms with van der Waals surface area (Å²) in [4.78, 5) is 114. The molecule has 18 rings (SSSR count). The second kappa shape index (κ2) is 36.8. The second-order valence-corrected chi connectivity index (χ2v) is 28.8. The standard InChI is InChI=1S/C24H24N6O.C22H18N6O2.C21H19N7O2.C21H20N6O/c31-24(27-20-6-8-25-9-7-20)23-21-13-18(4-5-22(21)28-29-23)19-12-17(14-26-15-19)16-30-10-2-1-3-11-30;29-21(13-1-2-13)26-17-9-15(11-24-12-17)14-3-4-19-18(10-14)20(28-27-19)22(30)25-16-5-7-23-8-6-16;1-28(2)21(30)25-16-9-14(11-23-12-16)13-3-4-18-17(10-13)19(27-26-18)20(29)24-15-5-7-22-8-6-15;1-27(2)13-14-9-16(12-23-11-14)15-3-4-19-18(10-15)20(26-25-19)21(28)24-17-5-7-22-8-6-17/h4-9,12-15H,1-3,10-11,16H2,(H,28,29)(H,25,27,31);3-13H,1-2H2,(H,26,29)(H,27,28)(H,23,25,30);3-12H,1-2H3,(H,25,30)(H,26,27)(H,22,24,29);3-12H,13H2,1-2H3,(H,25,26)(H,22,24,28). The number of nitrogens with zero attached hydrogens (tertiary/aromatic N) is 15. The van der Waals surface area contributed by atoms with Gasteiger partial charge in [-0.25, -0.2) is 4.79 Å². The van der Waals surface area contributed by atoms with Crippen LogP contribution in [0.4, 0.5) is 38.9 Å². The number of amides is 7. The molecule has 10 N–H and O–H groups in total. The van der Waals surface area contributed by atoms with Crippen molar-refractivity contribution in [2.75, 3.05) is 73.2 Å². The Morgan fingerprint density at radius 3 is 1.02 bits per heavy atom. The van der Waals surface area contributed by atoms with Gasteiger partial charge in [0.1, 0.15) is 0 Å². The number of likely N-dealkylation sites (tertiary alicyclic amines) is 1. The molecule has 0 radical (unpaired) electrons. The van der Waals surface area contributed by atoms with Crippen LogP contribution in [-0.2, 0) is 17.9 Å². The predicted molar refractivity (Wildman–Crippen MR) is 457 cm³/mol. The first-order valence-corrected chi connectivity index (χ1v) is 38.3. The monoisotopic (exact) mass is 1580 g/mol. The molecule has 594 valence electrons. The van der Waals surface area contributed by atoms with Crippen molar-refractivity contribution >= 4 is 113 Å². The van der Waals surface area contributed by atoms with Gasteiger partial charge in [0.25, 0.3) is 23.6 Å². The van der Waals surface area contributed by atoms with Crippen molar-refractivity contribution in [3.63, 3.8) is 0 Å². The maximum Gasteiger partial charge on any atom is 0.321 e. The van der Waals surface area contributed by atoms with E-state index in [9.17, 15) is 28.8 Å². The van der Waals surface area contributed by atoms with E-state index >= 15 is 0 Å². The van der Waals surface area contributed by atoms with Crippen LogP contribution in [-0.4, -0.2) is 172 Å². The lowest BCUT2D eigenvalue weighted by Crippen LogP contribution is -2.29. The topological polar surface area (TPSA) is 402 Å². The highest BCUT2D eigenvalue weighted by atomic mass is 16.2. The first kappa shape index (κ1) is 78.8. The van der Waals surface area contributed by atoms with Gasteiger partial charge < -0.3 is 41.7 Å². The zero-order valence-corrected chi connectivity index (χ0v) is 65.2. The summed E-state index contributed by atoms with van der Waals surface area (Å²) in [5, 5.41) is 48.4. The molecule has 31 heteroatoms. The SMILES string of the molecule is CN(C)C(=O)Nc1cncc(-c2ccc3[nH]nc(C(=O)Nc4ccncc4)c3c2)c1.CN(C)Cc1cncc(-c2ccc3[nH]nc(C(=O)Nc4ccncc4)c3c2)c1.O=C(Nc1ccncc1)c1n[nH]c2ccc(-c3cncc(CN4CCCCC4)c3)cc12.O=C(Nc1ccncc1)c1n[nH]c2ccc(-c3cncc(NC(=O)C4CC4)c3)cc12. The number of rotatable bonds is 19. The lowest BCUT2D eigenvalue weighted by molar-refractivity contribution is -0.117. The zero-order valence-electron chi connectivity index (χ0n) is 65.2. The van der Waals surface area contributed by atoms with E-state index in [0.717, 1.165) is 122 Å². The van der Waals surface area contributed by atoms with Crippen molar-refractivity contribution in [3.05, 3.63) is 279 Å². The van der Waals surface area contributed by atoms with Crippen molar-refractivity contribution in [1.82, 2.24) is 95.4 Å². The molecule has 0 atom stereocenters. The number of piperidine rings is 1. The van der Waals surface area contributed by atoms with E-state index in [1.54, 1.807) is 137 Å². The number of carbonyl (C=O) groups is 6. The first-order valence-electron chi connectivity index (χ1n) is 38.3. The van der Waals surface area contributed by atoms with Crippen LogP contribution >= 0.6 is 0 Å². The maximum atomic E-state index is 12.8. The van der Waals surface area contributed by atoms with E-state index in [2.05, 4.69) is 134 Å². The largest absolute Gasteiger partial charge is 0.331 e. The Balaban J connectivity index is 0.000000124. The van der Waals surface area contributed by atoms with Gasteiger partial charge in [0.15, 0.2) is 22.8 Å². The maximum absolute atomic E-state index is 12.8. The Morgan fingerprint density at radius 1 is 0.345 bits per heavy atom. The van der Waals surface area contributed by atoms with Crippen LogP contribution in [0.5, 0.6) is 0 Å². The molecule has 1 saturated heterocycles. The number of aromatic amines is 4. The fourth-order valence-electron chi connectivity index (χ4n) is 13.3. The fraction of sp³-hybridized carbons (Fsp3) is 0.159. The van der Waals surface area contributed by atoms with Crippen LogP contribution in [0.3, 0.4) is 0 Å². The Bertz CT molecular complexity index is 6120. The number of hydrogen-bond acceptors (Lipinski definition) is 20. The van der Waals surface area contributed by atoms with Crippen LogP contribution in [0.25, 0.3) is 88.1 Å². The quantitative estimate of drug-likeness (QED) is 0.0359. The molecule has 1 saturated carbocycles. The van der Waals surface area contributed by atoms with Gasteiger partial charge >= 0.3 is 6.03 Å². The second-order valence-electron chi connectivity index (χ2n) is 28.8. The number of benzene rings is 4. The molecule has 4 aromatic carbocycles. The fourth-order valence-corrected chi connectivity index (χ4v) is 13.3. The summed E-state index contributed by atoms with van der Waals surface area (Å²) < 4.78 is 0. The minimum absolute atomic E-state index is 0.0364.